The quantitative estimate of drug-likeness (QED) is 0.685. The number of anilines is 1. The highest BCUT2D eigenvalue weighted by molar-refractivity contribution is 7.92. The normalized spacial score (nSPS) is 11.4. The molecule has 1 amide bonds. The lowest BCUT2D eigenvalue weighted by Crippen LogP contribution is -2.26. The van der Waals surface area contributed by atoms with Crippen LogP contribution in [0.1, 0.15) is 16.2 Å². The molecule has 0 unspecified atom stereocenters. The Kier molecular flexibility index (Phi) is 4.66. The van der Waals surface area contributed by atoms with Gasteiger partial charge in [-0.3, -0.25) is 13.9 Å². The van der Waals surface area contributed by atoms with Crippen molar-refractivity contribution in [3.05, 3.63) is 60.0 Å². The molecule has 0 aliphatic rings. The van der Waals surface area contributed by atoms with Crippen LogP contribution in [0.3, 0.4) is 0 Å². The number of benzene rings is 1. The fourth-order valence-electron chi connectivity index (χ4n) is 2.39. The third-order valence-corrected chi connectivity index (χ3v) is 4.05. The third-order valence-electron chi connectivity index (χ3n) is 3.45. The van der Waals surface area contributed by atoms with Gasteiger partial charge >= 0.3 is 0 Å². The summed E-state index contributed by atoms with van der Waals surface area (Å²) in [5.74, 6) is 0.467. The number of fused-ring (bicyclic) bond motifs is 1. The molecule has 0 atom stereocenters. The van der Waals surface area contributed by atoms with Crippen LogP contribution < -0.4 is 10.0 Å². The van der Waals surface area contributed by atoms with Gasteiger partial charge in [-0.2, -0.15) is 0 Å². The molecular formula is C16H17N5O3S. The lowest BCUT2D eigenvalue weighted by Gasteiger charge is -2.07. The van der Waals surface area contributed by atoms with E-state index in [1.54, 1.807) is 18.2 Å². The SMILES string of the molecule is CS(=O)(=O)Nc1cccc(C(=O)NCCc2nnc3ccccn23)c1. The van der Waals surface area contributed by atoms with E-state index in [0.717, 1.165) is 17.7 Å². The molecule has 0 bridgehead atoms. The predicted octanol–water partition coefficient (Wildman–Crippen LogP) is 1.07. The van der Waals surface area contributed by atoms with Crippen molar-refractivity contribution in [3.8, 4) is 0 Å². The summed E-state index contributed by atoms with van der Waals surface area (Å²) in [7, 11) is -3.39. The second-order valence-electron chi connectivity index (χ2n) is 5.51. The maximum atomic E-state index is 12.2. The molecule has 1 aromatic carbocycles. The molecule has 2 aromatic heterocycles. The Balaban J connectivity index is 1.62. The number of sulfonamides is 1. The van der Waals surface area contributed by atoms with Crippen LogP contribution in [0.4, 0.5) is 5.69 Å². The number of rotatable bonds is 6. The molecule has 130 valence electrons. The molecule has 9 heteroatoms. The Labute approximate surface area is 144 Å². The zero-order valence-electron chi connectivity index (χ0n) is 13.5. The van der Waals surface area contributed by atoms with Crippen LogP contribution in [-0.4, -0.2) is 41.7 Å². The standard InChI is InChI=1S/C16H17N5O3S/c1-25(23,24)20-13-6-4-5-12(11-13)16(22)17-9-8-15-19-18-14-7-2-3-10-21(14)15/h2-7,10-11,20H,8-9H2,1H3,(H,17,22). The first-order valence-electron chi connectivity index (χ1n) is 7.57. The first-order chi connectivity index (χ1) is 11.9. The number of nitrogens with zero attached hydrogens (tertiary/aromatic N) is 3. The minimum absolute atomic E-state index is 0.286. The Hall–Kier alpha value is -2.94. The summed E-state index contributed by atoms with van der Waals surface area (Å²) in [6.45, 7) is 0.387. The highest BCUT2D eigenvalue weighted by Gasteiger charge is 2.09. The molecule has 3 rings (SSSR count). The van der Waals surface area contributed by atoms with Crippen molar-refractivity contribution in [2.24, 2.45) is 0 Å². The zero-order valence-corrected chi connectivity index (χ0v) is 14.3. The minimum Gasteiger partial charge on any atom is -0.352 e. The van der Waals surface area contributed by atoms with Gasteiger partial charge in [0.2, 0.25) is 10.0 Å². The first-order valence-corrected chi connectivity index (χ1v) is 9.46. The van der Waals surface area contributed by atoms with E-state index in [9.17, 15) is 13.2 Å². The molecule has 8 nitrogen and oxygen atoms in total. The lowest BCUT2D eigenvalue weighted by atomic mass is 10.2. The van der Waals surface area contributed by atoms with Gasteiger partial charge in [0.05, 0.1) is 6.26 Å². The van der Waals surface area contributed by atoms with E-state index in [2.05, 4.69) is 20.2 Å². The number of carbonyl (C=O) groups is 1. The summed E-state index contributed by atoms with van der Waals surface area (Å²) in [6, 6.07) is 11.9. The van der Waals surface area contributed by atoms with E-state index in [1.165, 1.54) is 6.07 Å². The van der Waals surface area contributed by atoms with E-state index in [0.29, 0.717) is 24.2 Å². The van der Waals surface area contributed by atoms with Gasteiger partial charge < -0.3 is 5.32 Å². The van der Waals surface area contributed by atoms with Crippen LogP contribution in [-0.2, 0) is 16.4 Å². The molecular weight excluding hydrogens is 342 g/mol. The molecule has 0 radical (unpaired) electrons. The summed E-state index contributed by atoms with van der Waals surface area (Å²) < 4.78 is 26.7. The topological polar surface area (TPSA) is 105 Å². The Morgan fingerprint density at radius 2 is 2.00 bits per heavy atom. The van der Waals surface area contributed by atoms with Gasteiger partial charge in [0, 0.05) is 30.4 Å². The van der Waals surface area contributed by atoms with E-state index in [4.69, 9.17) is 0 Å². The van der Waals surface area contributed by atoms with Crippen molar-refractivity contribution < 1.29 is 13.2 Å². The highest BCUT2D eigenvalue weighted by atomic mass is 32.2. The molecule has 3 aromatic rings. The van der Waals surface area contributed by atoms with Gasteiger partial charge in [0.25, 0.3) is 5.91 Å². The van der Waals surface area contributed by atoms with E-state index >= 15 is 0 Å². The van der Waals surface area contributed by atoms with E-state index < -0.39 is 10.0 Å². The van der Waals surface area contributed by atoms with Crippen LogP contribution in [0, 0.1) is 0 Å². The number of carbonyl (C=O) groups excluding carboxylic acids is 1. The van der Waals surface area contributed by atoms with Crippen molar-refractivity contribution in [1.82, 2.24) is 19.9 Å². The molecule has 25 heavy (non-hydrogen) atoms. The van der Waals surface area contributed by atoms with Crippen LogP contribution in [0.25, 0.3) is 5.65 Å². The number of pyridine rings is 1. The first kappa shape index (κ1) is 16.9. The summed E-state index contributed by atoms with van der Waals surface area (Å²) in [6.07, 6.45) is 3.45. The van der Waals surface area contributed by atoms with Gasteiger partial charge in [-0.05, 0) is 30.3 Å². The average Bonchev–Trinajstić information content (AvgIpc) is 2.97. The van der Waals surface area contributed by atoms with Crippen molar-refractivity contribution >= 4 is 27.3 Å². The largest absolute Gasteiger partial charge is 0.352 e. The van der Waals surface area contributed by atoms with E-state index in [1.807, 2.05) is 28.8 Å². The Morgan fingerprint density at radius 1 is 1.16 bits per heavy atom. The fourth-order valence-corrected chi connectivity index (χ4v) is 2.94. The van der Waals surface area contributed by atoms with Crippen molar-refractivity contribution in [2.75, 3.05) is 17.5 Å². The molecule has 0 fully saturated rings. The van der Waals surface area contributed by atoms with Crippen molar-refractivity contribution in [2.45, 2.75) is 6.42 Å². The fraction of sp³-hybridized carbons (Fsp3) is 0.188. The Morgan fingerprint density at radius 3 is 2.80 bits per heavy atom. The van der Waals surface area contributed by atoms with Crippen LogP contribution >= 0.6 is 0 Å². The number of aromatic nitrogens is 3. The maximum Gasteiger partial charge on any atom is 0.251 e. The van der Waals surface area contributed by atoms with E-state index in [-0.39, 0.29) is 5.91 Å². The zero-order chi connectivity index (χ0) is 17.9. The molecule has 2 heterocycles. The van der Waals surface area contributed by atoms with Gasteiger partial charge in [-0.1, -0.05) is 12.1 Å². The number of amides is 1. The number of hydrogen-bond donors (Lipinski definition) is 2. The maximum absolute atomic E-state index is 12.2. The predicted molar refractivity (Wildman–Crippen MR) is 93.9 cm³/mol. The molecule has 0 aliphatic carbocycles. The lowest BCUT2D eigenvalue weighted by molar-refractivity contribution is 0.0954. The summed E-state index contributed by atoms with van der Waals surface area (Å²) >= 11 is 0. The van der Waals surface area contributed by atoms with Crippen molar-refractivity contribution in [3.63, 3.8) is 0 Å². The molecule has 0 aliphatic heterocycles. The number of hydrogen-bond acceptors (Lipinski definition) is 5. The van der Waals surface area contributed by atoms with Gasteiger partial charge in [-0.25, -0.2) is 8.42 Å². The molecule has 0 saturated carbocycles. The van der Waals surface area contributed by atoms with Gasteiger partial charge in [0.15, 0.2) is 5.65 Å². The van der Waals surface area contributed by atoms with Crippen LogP contribution in [0.5, 0.6) is 0 Å². The Bertz CT molecular complexity index is 1010. The van der Waals surface area contributed by atoms with Crippen LogP contribution in [0.2, 0.25) is 0 Å². The smallest absolute Gasteiger partial charge is 0.251 e. The van der Waals surface area contributed by atoms with Gasteiger partial charge in [-0.15, -0.1) is 10.2 Å². The minimum atomic E-state index is -3.39. The second-order valence-corrected chi connectivity index (χ2v) is 7.25. The monoisotopic (exact) mass is 359 g/mol. The highest BCUT2D eigenvalue weighted by Crippen LogP contribution is 2.12. The van der Waals surface area contributed by atoms with Crippen molar-refractivity contribution in [1.29, 1.82) is 0 Å². The van der Waals surface area contributed by atoms with Crippen LogP contribution in [0.15, 0.2) is 48.7 Å². The second kappa shape index (κ2) is 6.89. The summed E-state index contributed by atoms with van der Waals surface area (Å²) in [4.78, 5) is 12.2. The third kappa shape index (κ3) is 4.32. The molecule has 2 N–H and O–H groups in total. The molecule has 0 saturated heterocycles. The number of nitrogens with one attached hydrogen (secondary N) is 2. The van der Waals surface area contributed by atoms with Gasteiger partial charge in [0.1, 0.15) is 5.82 Å². The molecule has 0 spiro atoms. The summed E-state index contributed by atoms with van der Waals surface area (Å²) in [5.41, 5.74) is 1.47. The average molecular weight is 359 g/mol. The summed E-state index contributed by atoms with van der Waals surface area (Å²) in [5, 5.41) is 11.0.